The van der Waals surface area contributed by atoms with Gasteiger partial charge in [0.15, 0.2) is 0 Å². The van der Waals surface area contributed by atoms with E-state index in [9.17, 15) is 9.59 Å². The van der Waals surface area contributed by atoms with Crippen LogP contribution in [0, 0.1) is 12.8 Å². The monoisotopic (exact) mass is 432 g/mol. The second kappa shape index (κ2) is 9.68. The van der Waals surface area contributed by atoms with Crippen molar-refractivity contribution in [3.8, 4) is 11.4 Å². The van der Waals surface area contributed by atoms with Crippen LogP contribution in [0.4, 0.5) is 5.82 Å². The summed E-state index contributed by atoms with van der Waals surface area (Å²) < 4.78 is 6.58. The number of nitrogens with one attached hydrogen (secondary N) is 1. The maximum absolute atomic E-state index is 12.6. The fourth-order valence-corrected chi connectivity index (χ4v) is 3.89. The van der Waals surface area contributed by atoms with Gasteiger partial charge in [0.2, 0.25) is 5.91 Å². The lowest BCUT2D eigenvalue weighted by Gasteiger charge is -2.32. The van der Waals surface area contributed by atoms with Gasteiger partial charge in [0.1, 0.15) is 11.6 Å². The lowest BCUT2D eigenvalue weighted by molar-refractivity contribution is -0.125. The molecular weight excluding hydrogens is 404 g/mol. The number of methoxy groups -OCH3 is 1. The van der Waals surface area contributed by atoms with Crippen LogP contribution in [0.2, 0.25) is 0 Å². The Morgan fingerprint density at radius 1 is 1.03 bits per heavy atom. The maximum atomic E-state index is 12.6. The Hall–Kier alpha value is -3.61. The number of rotatable bonds is 6. The number of aromatic nitrogens is 2. The number of aryl methyl sites for hydroxylation is 1. The summed E-state index contributed by atoms with van der Waals surface area (Å²) in [6, 6.07) is 18.7. The lowest BCUT2D eigenvalue weighted by Crippen LogP contribution is -2.41. The number of hydrogen-bond donors (Lipinski definition) is 1. The van der Waals surface area contributed by atoms with Crippen LogP contribution in [0.3, 0.4) is 0 Å². The van der Waals surface area contributed by atoms with E-state index in [0.29, 0.717) is 12.2 Å². The molecule has 0 saturated carbocycles. The topological polar surface area (TPSA) is 76.5 Å². The van der Waals surface area contributed by atoms with Gasteiger partial charge in [0.25, 0.3) is 5.56 Å². The van der Waals surface area contributed by atoms with Gasteiger partial charge in [-0.1, -0.05) is 29.8 Å². The molecule has 1 aromatic heterocycles. The van der Waals surface area contributed by atoms with Crippen molar-refractivity contribution in [2.75, 3.05) is 25.1 Å². The second-order valence-electron chi connectivity index (χ2n) is 8.10. The second-order valence-corrected chi connectivity index (χ2v) is 8.10. The largest absolute Gasteiger partial charge is 0.497 e. The van der Waals surface area contributed by atoms with Crippen molar-refractivity contribution in [2.45, 2.75) is 26.3 Å². The highest BCUT2D eigenvalue weighted by Crippen LogP contribution is 2.22. The molecule has 32 heavy (non-hydrogen) atoms. The Kier molecular flexibility index (Phi) is 6.54. The Balaban J connectivity index is 1.36. The molecular formula is C25H28N4O3. The Morgan fingerprint density at radius 3 is 2.38 bits per heavy atom. The number of piperidine rings is 1. The van der Waals surface area contributed by atoms with Gasteiger partial charge in [-0.2, -0.15) is 4.68 Å². The minimum absolute atomic E-state index is 0.0100. The van der Waals surface area contributed by atoms with Crippen molar-refractivity contribution in [3.05, 3.63) is 82.1 Å². The SMILES string of the molecule is COc1ccc(-n2nc(N3CCC(C(=O)NCc4ccc(C)cc4)CC3)ccc2=O)cc1. The van der Waals surface area contributed by atoms with E-state index in [0.717, 1.165) is 43.1 Å². The van der Waals surface area contributed by atoms with Crippen LogP contribution in [0.25, 0.3) is 5.69 Å². The molecule has 0 atom stereocenters. The molecule has 1 N–H and O–H groups in total. The van der Waals surface area contributed by atoms with Crippen molar-refractivity contribution in [1.29, 1.82) is 0 Å². The van der Waals surface area contributed by atoms with Gasteiger partial charge in [-0.25, -0.2) is 0 Å². The number of hydrogen-bond acceptors (Lipinski definition) is 5. The molecule has 4 rings (SSSR count). The van der Waals surface area contributed by atoms with Gasteiger partial charge in [0, 0.05) is 31.6 Å². The highest BCUT2D eigenvalue weighted by Gasteiger charge is 2.25. The van der Waals surface area contributed by atoms with Gasteiger partial charge in [-0.15, -0.1) is 5.10 Å². The standard InChI is InChI=1S/C25H28N4O3/c1-18-3-5-19(6-4-18)17-26-25(31)20-13-15-28(16-14-20)23-11-12-24(30)29(27-23)21-7-9-22(32-2)10-8-21/h3-12,20H,13-17H2,1-2H3,(H,26,31). The molecule has 7 nitrogen and oxygen atoms in total. The average Bonchev–Trinajstić information content (AvgIpc) is 2.84. The summed E-state index contributed by atoms with van der Waals surface area (Å²) in [5, 5.41) is 7.62. The molecule has 0 bridgehead atoms. The molecule has 0 radical (unpaired) electrons. The predicted octanol–water partition coefficient (Wildman–Crippen LogP) is 3.08. The van der Waals surface area contributed by atoms with Gasteiger partial charge in [-0.3, -0.25) is 9.59 Å². The summed E-state index contributed by atoms with van der Waals surface area (Å²) in [5.41, 5.74) is 2.80. The molecule has 166 valence electrons. The Morgan fingerprint density at radius 2 is 1.72 bits per heavy atom. The van der Waals surface area contributed by atoms with Crippen LogP contribution in [-0.4, -0.2) is 35.9 Å². The zero-order valence-electron chi connectivity index (χ0n) is 18.5. The van der Waals surface area contributed by atoms with Crippen molar-refractivity contribution in [2.24, 2.45) is 5.92 Å². The number of benzene rings is 2. The fourth-order valence-electron chi connectivity index (χ4n) is 3.89. The van der Waals surface area contributed by atoms with E-state index in [-0.39, 0.29) is 17.4 Å². The molecule has 1 amide bonds. The number of carbonyl (C=O) groups excluding carboxylic acids is 1. The summed E-state index contributed by atoms with van der Waals surface area (Å²) in [6.07, 6.45) is 1.51. The first-order valence-corrected chi connectivity index (χ1v) is 10.9. The van der Waals surface area contributed by atoms with Crippen molar-refractivity contribution in [1.82, 2.24) is 15.1 Å². The van der Waals surface area contributed by atoms with Crippen LogP contribution < -0.4 is 20.5 Å². The predicted molar refractivity (Wildman–Crippen MR) is 124 cm³/mol. The summed E-state index contributed by atoms with van der Waals surface area (Å²) in [4.78, 5) is 27.1. The highest BCUT2D eigenvalue weighted by atomic mass is 16.5. The van der Waals surface area contributed by atoms with E-state index in [1.54, 1.807) is 25.3 Å². The smallest absolute Gasteiger partial charge is 0.271 e. The van der Waals surface area contributed by atoms with Crippen molar-refractivity contribution >= 4 is 11.7 Å². The van der Waals surface area contributed by atoms with Gasteiger partial charge < -0.3 is 15.0 Å². The minimum atomic E-state index is -0.190. The minimum Gasteiger partial charge on any atom is -0.497 e. The Bertz CT molecular complexity index is 1120. The van der Waals surface area contributed by atoms with Gasteiger partial charge >= 0.3 is 0 Å². The number of anilines is 1. The van der Waals surface area contributed by atoms with Crippen LogP contribution in [0.15, 0.2) is 65.5 Å². The number of nitrogens with zero attached hydrogens (tertiary/aromatic N) is 3. The summed E-state index contributed by atoms with van der Waals surface area (Å²) in [7, 11) is 1.60. The first kappa shape index (κ1) is 21.6. The van der Waals surface area contributed by atoms with E-state index in [1.807, 2.05) is 31.2 Å². The molecule has 1 fully saturated rings. The van der Waals surface area contributed by atoms with E-state index < -0.39 is 0 Å². The van der Waals surface area contributed by atoms with E-state index in [2.05, 4.69) is 27.4 Å². The molecule has 0 aliphatic carbocycles. The summed E-state index contributed by atoms with van der Waals surface area (Å²) in [6.45, 7) is 4.04. The third kappa shape index (κ3) is 4.99. The number of ether oxygens (including phenoxy) is 1. The average molecular weight is 433 g/mol. The van der Waals surface area contributed by atoms with E-state index in [4.69, 9.17) is 4.74 Å². The zero-order chi connectivity index (χ0) is 22.5. The summed E-state index contributed by atoms with van der Waals surface area (Å²) >= 11 is 0. The first-order valence-electron chi connectivity index (χ1n) is 10.9. The number of carbonyl (C=O) groups is 1. The maximum Gasteiger partial charge on any atom is 0.271 e. The first-order chi connectivity index (χ1) is 15.5. The quantitative estimate of drug-likeness (QED) is 0.648. The molecule has 2 heterocycles. The normalized spacial score (nSPS) is 14.2. The fraction of sp³-hybridized carbons (Fsp3) is 0.320. The van der Waals surface area contributed by atoms with Crippen LogP contribution in [-0.2, 0) is 11.3 Å². The van der Waals surface area contributed by atoms with Gasteiger partial charge in [0.05, 0.1) is 12.8 Å². The molecule has 2 aromatic carbocycles. The molecule has 1 saturated heterocycles. The van der Waals surface area contributed by atoms with Crippen LogP contribution in [0.5, 0.6) is 5.75 Å². The van der Waals surface area contributed by atoms with Crippen molar-refractivity contribution < 1.29 is 9.53 Å². The Labute approximate surface area is 187 Å². The van der Waals surface area contributed by atoms with Crippen LogP contribution >= 0.6 is 0 Å². The third-order valence-corrected chi connectivity index (χ3v) is 5.88. The zero-order valence-corrected chi connectivity index (χ0v) is 18.5. The summed E-state index contributed by atoms with van der Waals surface area (Å²) in [5.74, 6) is 1.55. The number of amides is 1. The molecule has 7 heteroatoms. The molecule has 1 aliphatic heterocycles. The lowest BCUT2D eigenvalue weighted by atomic mass is 9.96. The highest BCUT2D eigenvalue weighted by molar-refractivity contribution is 5.79. The molecule has 0 unspecified atom stereocenters. The van der Waals surface area contributed by atoms with Crippen LogP contribution in [0.1, 0.15) is 24.0 Å². The molecule has 1 aliphatic rings. The van der Waals surface area contributed by atoms with E-state index in [1.165, 1.54) is 16.3 Å². The third-order valence-electron chi connectivity index (χ3n) is 5.88. The van der Waals surface area contributed by atoms with E-state index >= 15 is 0 Å². The molecule has 3 aromatic rings. The molecule has 0 spiro atoms. The van der Waals surface area contributed by atoms with Crippen molar-refractivity contribution in [3.63, 3.8) is 0 Å². The van der Waals surface area contributed by atoms with Gasteiger partial charge in [-0.05, 0) is 55.7 Å².